The maximum absolute atomic E-state index is 5.13. The van der Waals surface area contributed by atoms with Gasteiger partial charge in [0.15, 0.2) is 0 Å². The highest BCUT2D eigenvalue weighted by Gasteiger charge is 1.59. The van der Waals surface area contributed by atoms with Crippen LogP contribution in [0, 0.1) is 0 Å². The fraction of sp³-hybridized carbons (Fsp3) is 0.600. The van der Waals surface area contributed by atoms with Gasteiger partial charge in [-0.1, -0.05) is 19.1 Å². The summed E-state index contributed by atoms with van der Waals surface area (Å²) in [5.41, 5.74) is 5.13. The van der Waals surface area contributed by atoms with E-state index in [4.69, 9.17) is 5.73 Å². The van der Waals surface area contributed by atoms with Gasteiger partial charge in [-0.05, 0) is 6.42 Å². The molecular formula is C5H12ClN. The maximum atomic E-state index is 5.13. The van der Waals surface area contributed by atoms with E-state index in [1.165, 1.54) is 0 Å². The average molecular weight is 122 g/mol. The van der Waals surface area contributed by atoms with Crippen molar-refractivity contribution in [2.24, 2.45) is 5.73 Å². The molecule has 2 N–H and O–H groups in total. The van der Waals surface area contributed by atoms with Crippen molar-refractivity contribution in [1.29, 1.82) is 0 Å². The maximum Gasteiger partial charge on any atom is 0.0106 e. The van der Waals surface area contributed by atoms with E-state index in [9.17, 15) is 0 Å². The fourth-order valence-electron chi connectivity index (χ4n) is 0.263. The van der Waals surface area contributed by atoms with Crippen molar-refractivity contribution < 1.29 is 0 Å². The highest BCUT2D eigenvalue weighted by molar-refractivity contribution is 5.85. The van der Waals surface area contributed by atoms with Crippen molar-refractivity contribution in [3.63, 3.8) is 0 Å². The molecule has 0 aromatic carbocycles. The summed E-state index contributed by atoms with van der Waals surface area (Å²) in [7, 11) is 0. The van der Waals surface area contributed by atoms with E-state index in [0.29, 0.717) is 6.54 Å². The number of hydrogen-bond acceptors (Lipinski definition) is 1. The topological polar surface area (TPSA) is 26.0 Å². The summed E-state index contributed by atoms with van der Waals surface area (Å²) in [5.74, 6) is 0. The van der Waals surface area contributed by atoms with Crippen LogP contribution >= 0.6 is 12.4 Å². The summed E-state index contributed by atoms with van der Waals surface area (Å²) in [5, 5.41) is 0. The Morgan fingerprint density at radius 2 is 2.00 bits per heavy atom. The lowest BCUT2D eigenvalue weighted by atomic mass is 10.4. The van der Waals surface area contributed by atoms with Crippen molar-refractivity contribution in [3.05, 3.63) is 12.2 Å². The molecule has 0 unspecified atom stereocenters. The lowest BCUT2D eigenvalue weighted by Gasteiger charge is -1.73. The van der Waals surface area contributed by atoms with Crippen molar-refractivity contribution >= 4 is 12.4 Å². The van der Waals surface area contributed by atoms with Crippen molar-refractivity contribution in [2.75, 3.05) is 6.54 Å². The molecule has 7 heavy (non-hydrogen) atoms. The van der Waals surface area contributed by atoms with Gasteiger partial charge in [-0.15, -0.1) is 12.4 Å². The van der Waals surface area contributed by atoms with Crippen LogP contribution < -0.4 is 5.73 Å². The Bertz CT molecular complexity index is 37.3. The Kier molecular flexibility index (Phi) is 13.5. The zero-order valence-corrected chi connectivity index (χ0v) is 5.37. The molecule has 1 nitrogen and oxygen atoms in total. The van der Waals surface area contributed by atoms with Crippen LogP contribution in [0.3, 0.4) is 0 Å². The van der Waals surface area contributed by atoms with Gasteiger partial charge in [0.2, 0.25) is 0 Å². The summed E-state index contributed by atoms with van der Waals surface area (Å²) in [6.07, 6.45) is 5.11. The summed E-state index contributed by atoms with van der Waals surface area (Å²) < 4.78 is 0. The molecule has 0 aliphatic carbocycles. The van der Waals surface area contributed by atoms with Gasteiger partial charge >= 0.3 is 0 Å². The van der Waals surface area contributed by atoms with Crippen LogP contribution in [0.15, 0.2) is 12.2 Å². The molecule has 0 radical (unpaired) electrons. The molecule has 0 spiro atoms. The molecule has 0 heterocycles. The third kappa shape index (κ3) is 10.7. The molecule has 44 valence electrons. The summed E-state index contributed by atoms with van der Waals surface area (Å²) in [4.78, 5) is 0. The van der Waals surface area contributed by atoms with E-state index >= 15 is 0 Å². The summed E-state index contributed by atoms with van der Waals surface area (Å²) >= 11 is 0. The molecule has 0 saturated heterocycles. The predicted octanol–water partition coefficient (Wildman–Crippen LogP) is 1.33. The second-order valence-electron chi connectivity index (χ2n) is 1.12. The van der Waals surface area contributed by atoms with Gasteiger partial charge in [0.1, 0.15) is 0 Å². The number of allylic oxidation sites excluding steroid dienone is 1. The van der Waals surface area contributed by atoms with Gasteiger partial charge in [-0.25, -0.2) is 0 Å². The highest BCUT2D eigenvalue weighted by atomic mass is 35.5. The Balaban J connectivity index is 0. The first-order chi connectivity index (χ1) is 2.91. The van der Waals surface area contributed by atoms with Crippen LogP contribution in [0.25, 0.3) is 0 Å². The highest BCUT2D eigenvalue weighted by Crippen LogP contribution is 1.73. The molecule has 0 amide bonds. The van der Waals surface area contributed by atoms with Crippen LogP contribution in [-0.4, -0.2) is 6.54 Å². The number of hydrogen-bond donors (Lipinski definition) is 1. The normalized spacial score (nSPS) is 8.86. The molecule has 0 rings (SSSR count). The zero-order chi connectivity index (χ0) is 4.83. The van der Waals surface area contributed by atoms with Gasteiger partial charge < -0.3 is 5.73 Å². The largest absolute Gasteiger partial charge is 0.327 e. The standard InChI is InChI=1S/C5H11N.ClH/c1-2-3-4-5-6;/h3-4H,2,5-6H2,1H3;1H/b4-3-;. The molecule has 0 aromatic heterocycles. The molecule has 0 saturated carbocycles. The van der Waals surface area contributed by atoms with Gasteiger partial charge in [0.05, 0.1) is 0 Å². The van der Waals surface area contributed by atoms with Gasteiger partial charge in [0.25, 0.3) is 0 Å². The zero-order valence-electron chi connectivity index (χ0n) is 4.55. The molecule has 0 atom stereocenters. The number of rotatable bonds is 2. The van der Waals surface area contributed by atoms with Gasteiger partial charge in [-0.3, -0.25) is 0 Å². The van der Waals surface area contributed by atoms with Crippen LogP contribution in [-0.2, 0) is 0 Å². The first-order valence-electron chi connectivity index (χ1n) is 2.27. The Morgan fingerprint density at radius 1 is 1.43 bits per heavy atom. The first-order valence-corrected chi connectivity index (χ1v) is 2.27. The molecule has 0 aliphatic heterocycles. The van der Waals surface area contributed by atoms with Gasteiger partial charge in [0, 0.05) is 6.54 Å². The Labute approximate surface area is 51.0 Å². The summed E-state index contributed by atoms with van der Waals surface area (Å²) in [6, 6.07) is 0. The fourth-order valence-corrected chi connectivity index (χ4v) is 0.263. The predicted molar refractivity (Wildman–Crippen MR) is 35.7 cm³/mol. The SMILES string of the molecule is CC/C=C\CN.Cl. The molecule has 2 heteroatoms. The molecule has 0 bridgehead atoms. The monoisotopic (exact) mass is 121 g/mol. The Hall–Kier alpha value is -0.0100. The third-order valence-corrected chi connectivity index (χ3v) is 0.538. The molecular weight excluding hydrogens is 110 g/mol. The third-order valence-electron chi connectivity index (χ3n) is 0.538. The molecule has 0 aromatic rings. The number of nitrogens with two attached hydrogens (primary N) is 1. The minimum absolute atomic E-state index is 0. The van der Waals surface area contributed by atoms with Crippen molar-refractivity contribution in [3.8, 4) is 0 Å². The minimum atomic E-state index is 0. The van der Waals surface area contributed by atoms with E-state index in [0.717, 1.165) is 6.42 Å². The number of halogens is 1. The second kappa shape index (κ2) is 9.37. The van der Waals surface area contributed by atoms with Crippen molar-refractivity contribution in [2.45, 2.75) is 13.3 Å². The lowest BCUT2D eigenvalue weighted by Crippen LogP contribution is -1.91. The summed E-state index contributed by atoms with van der Waals surface area (Å²) in [6.45, 7) is 2.76. The minimum Gasteiger partial charge on any atom is -0.327 e. The van der Waals surface area contributed by atoms with Crippen molar-refractivity contribution in [1.82, 2.24) is 0 Å². The quantitative estimate of drug-likeness (QED) is 0.549. The van der Waals surface area contributed by atoms with E-state index in [1.807, 2.05) is 6.08 Å². The van der Waals surface area contributed by atoms with E-state index in [2.05, 4.69) is 13.0 Å². The van der Waals surface area contributed by atoms with Crippen LogP contribution in [0.2, 0.25) is 0 Å². The van der Waals surface area contributed by atoms with Crippen LogP contribution in [0.1, 0.15) is 13.3 Å². The Morgan fingerprint density at radius 3 is 2.14 bits per heavy atom. The van der Waals surface area contributed by atoms with Crippen LogP contribution in [0.4, 0.5) is 0 Å². The lowest BCUT2D eigenvalue weighted by molar-refractivity contribution is 1.17. The van der Waals surface area contributed by atoms with Crippen LogP contribution in [0.5, 0.6) is 0 Å². The first kappa shape index (κ1) is 10.1. The van der Waals surface area contributed by atoms with E-state index in [1.54, 1.807) is 0 Å². The van der Waals surface area contributed by atoms with E-state index < -0.39 is 0 Å². The molecule has 0 aliphatic rings. The smallest absolute Gasteiger partial charge is 0.0106 e. The van der Waals surface area contributed by atoms with E-state index in [-0.39, 0.29) is 12.4 Å². The molecule has 0 fully saturated rings. The average Bonchev–Trinajstić information content (AvgIpc) is 1.61. The second-order valence-corrected chi connectivity index (χ2v) is 1.12. The van der Waals surface area contributed by atoms with Gasteiger partial charge in [-0.2, -0.15) is 0 Å².